The van der Waals surface area contributed by atoms with Crippen molar-refractivity contribution in [1.29, 1.82) is 0 Å². The van der Waals surface area contributed by atoms with E-state index in [2.05, 4.69) is 5.32 Å². The molecule has 0 aromatic heterocycles. The maximum atomic E-state index is 14.7. The molecule has 0 radical (unpaired) electrons. The van der Waals surface area contributed by atoms with Crippen molar-refractivity contribution >= 4 is 29.2 Å². The van der Waals surface area contributed by atoms with Crippen molar-refractivity contribution in [2.75, 3.05) is 36.7 Å². The summed E-state index contributed by atoms with van der Waals surface area (Å²) in [5.41, 5.74) is -0.390. The smallest absolute Gasteiger partial charge is 0.335 e. The predicted octanol–water partition coefficient (Wildman–Crippen LogP) is 1.86. The van der Waals surface area contributed by atoms with Crippen LogP contribution in [0.5, 0.6) is 5.75 Å². The Hall–Kier alpha value is -3.46. The van der Waals surface area contributed by atoms with E-state index in [9.17, 15) is 18.8 Å². The van der Waals surface area contributed by atoms with Crippen molar-refractivity contribution in [1.82, 2.24) is 5.32 Å². The molecule has 1 spiro atoms. The maximum Gasteiger partial charge on any atom is 0.335 e. The molecule has 0 saturated carbocycles. The van der Waals surface area contributed by atoms with E-state index in [-0.39, 0.29) is 13.0 Å². The van der Waals surface area contributed by atoms with Gasteiger partial charge in [0.2, 0.25) is 5.91 Å². The molecule has 9 heteroatoms. The Morgan fingerprint density at radius 3 is 2.68 bits per heavy atom. The van der Waals surface area contributed by atoms with E-state index in [0.29, 0.717) is 35.8 Å². The Morgan fingerprint density at radius 1 is 1.16 bits per heavy atom. The third kappa shape index (κ3) is 2.73. The molecule has 3 heterocycles. The molecule has 0 unspecified atom stereocenters. The molecule has 2 aromatic carbocycles. The van der Waals surface area contributed by atoms with Gasteiger partial charge in [-0.1, -0.05) is 12.1 Å². The molecule has 4 amide bonds. The topological polar surface area (TPSA) is 88.2 Å². The van der Waals surface area contributed by atoms with Gasteiger partial charge in [-0.2, -0.15) is 0 Å². The van der Waals surface area contributed by atoms with Gasteiger partial charge in [0.25, 0.3) is 5.91 Å². The van der Waals surface area contributed by atoms with Crippen LogP contribution < -0.4 is 19.9 Å². The Bertz CT molecular complexity index is 1090. The number of halogens is 1. The van der Waals surface area contributed by atoms with Crippen LogP contribution in [0.2, 0.25) is 0 Å². The first-order valence-corrected chi connectivity index (χ1v) is 9.93. The van der Waals surface area contributed by atoms with Gasteiger partial charge in [-0.15, -0.1) is 0 Å². The van der Waals surface area contributed by atoms with Crippen LogP contribution in [-0.4, -0.2) is 50.8 Å². The molecule has 8 nitrogen and oxygen atoms in total. The Kier molecular flexibility index (Phi) is 4.44. The van der Waals surface area contributed by atoms with E-state index in [1.165, 1.54) is 13.2 Å². The second-order valence-electron chi connectivity index (χ2n) is 7.78. The molecule has 3 aliphatic rings. The number of hydrogen-bond acceptors (Lipinski definition) is 6. The van der Waals surface area contributed by atoms with Crippen molar-refractivity contribution < 1.29 is 28.2 Å². The first-order chi connectivity index (χ1) is 15.0. The van der Waals surface area contributed by atoms with E-state index >= 15 is 0 Å². The van der Waals surface area contributed by atoms with E-state index in [1.54, 1.807) is 41.3 Å². The number of para-hydroxylation sites is 1. The van der Waals surface area contributed by atoms with E-state index in [4.69, 9.17) is 9.47 Å². The van der Waals surface area contributed by atoms with Gasteiger partial charge in [-0.05, 0) is 35.9 Å². The Morgan fingerprint density at radius 2 is 1.94 bits per heavy atom. The fourth-order valence-electron chi connectivity index (χ4n) is 4.79. The summed E-state index contributed by atoms with van der Waals surface area (Å²) < 4.78 is 25.5. The number of methoxy groups -OCH3 is 1. The van der Waals surface area contributed by atoms with E-state index < -0.39 is 35.1 Å². The van der Waals surface area contributed by atoms with Crippen LogP contribution in [0.4, 0.5) is 20.6 Å². The highest BCUT2D eigenvalue weighted by atomic mass is 19.1. The van der Waals surface area contributed by atoms with Crippen LogP contribution in [0.15, 0.2) is 42.5 Å². The lowest BCUT2D eigenvalue weighted by Gasteiger charge is -2.53. The summed E-state index contributed by atoms with van der Waals surface area (Å²) in [7, 11) is 1.51. The summed E-state index contributed by atoms with van der Waals surface area (Å²) in [5.74, 6) is -1.19. The van der Waals surface area contributed by atoms with Crippen LogP contribution in [0.3, 0.4) is 0 Å². The number of amides is 4. The van der Waals surface area contributed by atoms with Crippen LogP contribution in [0.25, 0.3) is 0 Å². The zero-order valence-electron chi connectivity index (χ0n) is 16.8. The molecular formula is C22H20FN3O5. The number of carbonyl (C=O) groups excluding carboxylic acids is 3. The fourth-order valence-corrected chi connectivity index (χ4v) is 4.79. The third-order valence-electron chi connectivity index (χ3n) is 6.27. The highest BCUT2D eigenvalue weighted by Crippen LogP contribution is 2.46. The first kappa shape index (κ1) is 19.5. The van der Waals surface area contributed by atoms with Crippen molar-refractivity contribution in [2.24, 2.45) is 5.41 Å². The molecule has 31 heavy (non-hydrogen) atoms. The molecule has 160 valence electrons. The number of nitrogens with one attached hydrogen (secondary N) is 1. The number of barbiturate groups is 1. The van der Waals surface area contributed by atoms with Gasteiger partial charge < -0.3 is 14.4 Å². The van der Waals surface area contributed by atoms with E-state index in [0.717, 1.165) is 4.90 Å². The molecule has 2 saturated heterocycles. The number of carbonyl (C=O) groups is 3. The normalized spacial score (nSPS) is 25.2. The summed E-state index contributed by atoms with van der Waals surface area (Å²) in [6.07, 6.45) is -0.0325. The van der Waals surface area contributed by atoms with Crippen LogP contribution in [0.1, 0.15) is 5.56 Å². The van der Waals surface area contributed by atoms with E-state index in [1.807, 2.05) is 0 Å². The number of fused-ring (bicyclic) bond motifs is 4. The standard InChI is InChI=1S/C22H20FN3O5/c1-30-15-7-5-14(6-8-15)26-20(28)22(19(27)24-21(26)29)11-13-3-2-4-16(23)18(13)25-9-10-31-12-17(22)25/h2-8,17H,9-12H2,1H3,(H,24,27,29)/t17-,22+/m0/s1. The maximum absolute atomic E-state index is 14.7. The number of morpholine rings is 1. The lowest BCUT2D eigenvalue weighted by atomic mass is 9.68. The molecule has 2 fully saturated rings. The van der Waals surface area contributed by atoms with Crippen LogP contribution >= 0.6 is 0 Å². The number of anilines is 2. The second kappa shape index (κ2) is 7.05. The molecule has 1 N–H and O–H groups in total. The Balaban J connectivity index is 1.64. The molecule has 2 atom stereocenters. The monoisotopic (exact) mass is 425 g/mol. The SMILES string of the molecule is COc1ccc(N2C(=O)NC(=O)[C@]3(Cc4cccc(F)c4N4CCOC[C@H]43)C2=O)cc1. The molecule has 0 aliphatic carbocycles. The molecule has 5 rings (SSSR count). The minimum absolute atomic E-state index is 0.0325. The van der Waals surface area contributed by atoms with Gasteiger partial charge in [0.1, 0.15) is 11.6 Å². The predicted molar refractivity (Wildman–Crippen MR) is 109 cm³/mol. The minimum atomic E-state index is -1.63. The van der Waals surface area contributed by atoms with Crippen molar-refractivity contribution in [3.05, 3.63) is 53.8 Å². The largest absolute Gasteiger partial charge is 0.497 e. The molecule has 3 aliphatic heterocycles. The fraction of sp³-hybridized carbons (Fsp3) is 0.318. The number of hydrogen-bond donors (Lipinski definition) is 1. The van der Waals surface area contributed by atoms with Crippen molar-refractivity contribution in [2.45, 2.75) is 12.5 Å². The van der Waals surface area contributed by atoms with Gasteiger partial charge in [-0.25, -0.2) is 14.1 Å². The number of ether oxygens (including phenoxy) is 2. The van der Waals surface area contributed by atoms with Crippen molar-refractivity contribution in [3.63, 3.8) is 0 Å². The van der Waals surface area contributed by atoms with Crippen LogP contribution in [-0.2, 0) is 20.7 Å². The summed E-state index contributed by atoms with van der Waals surface area (Å²) in [4.78, 5) is 42.5. The zero-order valence-corrected chi connectivity index (χ0v) is 16.8. The number of benzene rings is 2. The Labute approximate surface area is 177 Å². The minimum Gasteiger partial charge on any atom is -0.497 e. The number of imide groups is 2. The third-order valence-corrected chi connectivity index (χ3v) is 6.27. The number of rotatable bonds is 2. The summed E-state index contributed by atoms with van der Waals surface area (Å²) in [5, 5.41) is 2.35. The summed E-state index contributed by atoms with van der Waals surface area (Å²) >= 11 is 0. The summed E-state index contributed by atoms with van der Waals surface area (Å²) in [6.45, 7) is 0.742. The average Bonchev–Trinajstić information content (AvgIpc) is 2.78. The molecular weight excluding hydrogens is 405 g/mol. The number of urea groups is 1. The quantitative estimate of drug-likeness (QED) is 0.739. The van der Waals surface area contributed by atoms with Gasteiger partial charge in [0, 0.05) is 13.0 Å². The lowest BCUT2D eigenvalue weighted by molar-refractivity contribution is -0.147. The van der Waals surface area contributed by atoms with Gasteiger partial charge in [0.05, 0.1) is 37.7 Å². The van der Waals surface area contributed by atoms with Gasteiger partial charge >= 0.3 is 6.03 Å². The van der Waals surface area contributed by atoms with Gasteiger partial charge in [-0.3, -0.25) is 14.9 Å². The number of nitrogens with zero attached hydrogens (tertiary/aromatic N) is 2. The first-order valence-electron chi connectivity index (χ1n) is 9.93. The second-order valence-corrected chi connectivity index (χ2v) is 7.78. The van der Waals surface area contributed by atoms with Crippen LogP contribution in [0, 0.1) is 11.2 Å². The van der Waals surface area contributed by atoms with Gasteiger partial charge in [0.15, 0.2) is 5.41 Å². The summed E-state index contributed by atoms with van der Waals surface area (Å²) in [6, 6.07) is 9.46. The highest BCUT2D eigenvalue weighted by Gasteiger charge is 2.63. The average molecular weight is 425 g/mol. The molecule has 2 aromatic rings. The zero-order chi connectivity index (χ0) is 21.8. The lowest BCUT2D eigenvalue weighted by Crippen LogP contribution is -2.74. The van der Waals surface area contributed by atoms with Crippen molar-refractivity contribution in [3.8, 4) is 5.75 Å². The molecule has 0 bridgehead atoms. The highest BCUT2D eigenvalue weighted by molar-refractivity contribution is 6.30.